The molecule has 4 nitrogen and oxygen atoms in total. The maximum Gasteiger partial charge on any atom is 0.191 e. The molecule has 5 heteroatoms. The maximum absolute atomic E-state index is 5.93. The van der Waals surface area contributed by atoms with E-state index in [1.807, 2.05) is 0 Å². The van der Waals surface area contributed by atoms with Crippen molar-refractivity contribution in [3.63, 3.8) is 0 Å². The molecule has 21 heavy (non-hydrogen) atoms. The number of unbranched alkanes of at least 4 members (excludes halogenated alkanes) is 2. The first-order valence-electron chi connectivity index (χ1n) is 8.50. The summed E-state index contributed by atoms with van der Waals surface area (Å²) in [4.78, 5) is 4.54. The number of nitrogens with zero attached hydrogens (tertiary/aromatic N) is 1. The zero-order valence-corrected chi connectivity index (χ0v) is 16.2. The molecule has 0 aliphatic heterocycles. The lowest BCUT2D eigenvalue weighted by atomic mass is 9.98. The SMILES string of the molecule is CCNC(=NCCCCCOC1CCCCC1)NCC.I. The molecule has 0 saturated heterocycles. The van der Waals surface area contributed by atoms with Crippen LogP contribution < -0.4 is 10.6 Å². The van der Waals surface area contributed by atoms with E-state index in [4.69, 9.17) is 4.74 Å². The van der Waals surface area contributed by atoms with Gasteiger partial charge in [0.25, 0.3) is 0 Å². The third-order valence-corrected chi connectivity index (χ3v) is 3.67. The maximum atomic E-state index is 5.93. The predicted octanol–water partition coefficient (Wildman–Crippen LogP) is 3.70. The van der Waals surface area contributed by atoms with Gasteiger partial charge in [-0.25, -0.2) is 0 Å². The highest BCUT2D eigenvalue weighted by molar-refractivity contribution is 14.0. The summed E-state index contributed by atoms with van der Waals surface area (Å²) in [5.41, 5.74) is 0. The van der Waals surface area contributed by atoms with Crippen LogP contribution in [0.25, 0.3) is 0 Å². The van der Waals surface area contributed by atoms with E-state index in [0.29, 0.717) is 6.10 Å². The first-order chi connectivity index (χ1) is 9.86. The molecule has 1 saturated carbocycles. The number of ether oxygens (including phenoxy) is 1. The molecule has 2 N–H and O–H groups in total. The van der Waals surface area contributed by atoms with Crippen molar-refractivity contribution in [1.29, 1.82) is 0 Å². The van der Waals surface area contributed by atoms with Gasteiger partial charge in [-0.2, -0.15) is 0 Å². The zero-order valence-electron chi connectivity index (χ0n) is 13.8. The molecule has 1 aliphatic carbocycles. The standard InChI is InChI=1S/C16H33N3O.HI/c1-3-17-16(18-4-2)19-13-9-6-10-14-20-15-11-7-5-8-12-15;/h15H,3-14H2,1-2H3,(H2,17,18,19);1H. The number of hydrogen-bond donors (Lipinski definition) is 2. The van der Waals surface area contributed by atoms with Gasteiger partial charge < -0.3 is 15.4 Å². The molecule has 1 rings (SSSR count). The van der Waals surface area contributed by atoms with Gasteiger partial charge in [0.15, 0.2) is 5.96 Å². The summed E-state index contributed by atoms with van der Waals surface area (Å²) in [6.45, 7) is 7.85. The number of hydrogen-bond acceptors (Lipinski definition) is 2. The topological polar surface area (TPSA) is 45.7 Å². The Balaban J connectivity index is 0.00000400. The molecule has 0 aromatic carbocycles. The third kappa shape index (κ3) is 11.2. The largest absolute Gasteiger partial charge is 0.378 e. The number of nitrogens with one attached hydrogen (secondary N) is 2. The van der Waals surface area contributed by atoms with Gasteiger partial charge >= 0.3 is 0 Å². The first kappa shape index (κ1) is 21.0. The molecule has 0 radical (unpaired) electrons. The number of halogens is 1. The van der Waals surface area contributed by atoms with Crippen LogP contribution in [0.5, 0.6) is 0 Å². The molecule has 0 unspecified atom stereocenters. The smallest absolute Gasteiger partial charge is 0.191 e. The Morgan fingerprint density at radius 2 is 1.67 bits per heavy atom. The Morgan fingerprint density at radius 3 is 2.29 bits per heavy atom. The summed E-state index contributed by atoms with van der Waals surface area (Å²) >= 11 is 0. The monoisotopic (exact) mass is 411 g/mol. The summed E-state index contributed by atoms with van der Waals surface area (Å²) in [5, 5.41) is 6.49. The lowest BCUT2D eigenvalue weighted by molar-refractivity contribution is 0.0264. The fourth-order valence-electron chi connectivity index (χ4n) is 2.57. The van der Waals surface area contributed by atoms with E-state index in [1.54, 1.807) is 0 Å². The second-order valence-electron chi connectivity index (χ2n) is 5.48. The Hall–Kier alpha value is -0.0400. The highest BCUT2D eigenvalue weighted by Gasteiger charge is 2.12. The number of guanidine groups is 1. The van der Waals surface area contributed by atoms with E-state index >= 15 is 0 Å². The molecular weight excluding hydrogens is 377 g/mol. The summed E-state index contributed by atoms with van der Waals surface area (Å²) in [5.74, 6) is 0.938. The van der Waals surface area contributed by atoms with Crippen molar-refractivity contribution >= 4 is 29.9 Å². The van der Waals surface area contributed by atoms with Gasteiger partial charge in [-0.1, -0.05) is 19.3 Å². The molecule has 0 spiro atoms. The van der Waals surface area contributed by atoms with E-state index in [1.165, 1.54) is 44.9 Å². The van der Waals surface area contributed by atoms with Crippen LogP contribution in [0.1, 0.15) is 65.2 Å². The van der Waals surface area contributed by atoms with Crippen molar-refractivity contribution in [2.45, 2.75) is 71.3 Å². The van der Waals surface area contributed by atoms with Crippen molar-refractivity contribution in [3.05, 3.63) is 0 Å². The van der Waals surface area contributed by atoms with Gasteiger partial charge in [-0.15, -0.1) is 24.0 Å². The van der Waals surface area contributed by atoms with Crippen LogP contribution in [0.4, 0.5) is 0 Å². The highest BCUT2D eigenvalue weighted by atomic mass is 127. The third-order valence-electron chi connectivity index (χ3n) is 3.67. The lowest BCUT2D eigenvalue weighted by Gasteiger charge is -2.21. The first-order valence-corrected chi connectivity index (χ1v) is 8.50. The van der Waals surface area contributed by atoms with Crippen LogP contribution >= 0.6 is 24.0 Å². The van der Waals surface area contributed by atoms with Crippen LogP contribution in [-0.2, 0) is 4.74 Å². The van der Waals surface area contributed by atoms with Crippen LogP contribution in [0.2, 0.25) is 0 Å². The van der Waals surface area contributed by atoms with Crippen molar-refractivity contribution < 1.29 is 4.74 Å². The summed E-state index contributed by atoms with van der Waals surface area (Å²) in [6.07, 6.45) is 10.7. The molecule has 1 aliphatic rings. The Kier molecular flexibility index (Phi) is 14.9. The number of rotatable bonds is 9. The number of aliphatic imine (C=N–C) groups is 1. The van der Waals surface area contributed by atoms with Gasteiger partial charge in [-0.3, -0.25) is 4.99 Å². The van der Waals surface area contributed by atoms with E-state index in [-0.39, 0.29) is 24.0 Å². The van der Waals surface area contributed by atoms with E-state index in [0.717, 1.165) is 38.6 Å². The van der Waals surface area contributed by atoms with E-state index in [2.05, 4.69) is 29.5 Å². The summed E-state index contributed by atoms with van der Waals surface area (Å²) < 4.78 is 5.93. The molecule has 0 heterocycles. The quantitative estimate of drug-likeness (QED) is 0.263. The minimum atomic E-state index is 0. The molecule has 0 aromatic heterocycles. The second-order valence-corrected chi connectivity index (χ2v) is 5.48. The summed E-state index contributed by atoms with van der Waals surface area (Å²) in [6, 6.07) is 0. The van der Waals surface area contributed by atoms with Crippen molar-refractivity contribution in [2.24, 2.45) is 4.99 Å². The molecule has 0 atom stereocenters. The molecule has 0 bridgehead atoms. The van der Waals surface area contributed by atoms with E-state index in [9.17, 15) is 0 Å². The van der Waals surface area contributed by atoms with Crippen LogP contribution in [-0.4, -0.2) is 38.3 Å². The van der Waals surface area contributed by atoms with Crippen LogP contribution in [0.3, 0.4) is 0 Å². The molecule has 0 amide bonds. The van der Waals surface area contributed by atoms with Crippen molar-refractivity contribution in [1.82, 2.24) is 10.6 Å². The predicted molar refractivity (Wildman–Crippen MR) is 102 cm³/mol. The van der Waals surface area contributed by atoms with Crippen LogP contribution in [0.15, 0.2) is 4.99 Å². The van der Waals surface area contributed by atoms with Crippen LogP contribution in [0, 0.1) is 0 Å². The Morgan fingerprint density at radius 1 is 1.00 bits per heavy atom. The molecule has 126 valence electrons. The van der Waals surface area contributed by atoms with Crippen molar-refractivity contribution in [3.8, 4) is 0 Å². The summed E-state index contributed by atoms with van der Waals surface area (Å²) in [7, 11) is 0. The Bertz CT molecular complexity index is 248. The molecule has 1 fully saturated rings. The average Bonchev–Trinajstić information content (AvgIpc) is 2.47. The van der Waals surface area contributed by atoms with E-state index < -0.39 is 0 Å². The van der Waals surface area contributed by atoms with Gasteiger partial charge in [0.2, 0.25) is 0 Å². The average molecular weight is 411 g/mol. The van der Waals surface area contributed by atoms with Crippen molar-refractivity contribution in [2.75, 3.05) is 26.2 Å². The Labute approximate surface area is 147 Å². The molecule has 0 aromatic rings. The highest BCUT2D eigenvalue weighted by Crippen LogP contribution is 2.20. The fourth-order valence-corrected chi connectivity index (χ4v) is 2.57. The minimum Gasteiger partial charge on any atom is -0.378 e. The van der Waals surface area contributed by atoms with Gasteiger partial charge in [-0.05, 0) is 46.0 Å². The lowest BCUT2D eigenvalue weighted by Crippen LogP contribution is -2.37. The second kappa shape index (κ2) is 14.9. The van der Waals surface area contributed by atoms with Gasteiger partial charge in [0.1, 0.15) is 0 Å². The molecular formula is C16H34IN3O. The normalized spacial score (nSPS) is 15.1. The fraction of sp³-hybridized carbons (Fsp3) is 0.938. The van der Waals surface area contributed by atoms with Gasteiger partial charge in [0.05, 0.1) is 6.10 Å². The minimum absolute atomic E-state index is 0. The van der Waals surface area contributed by atoms with Gasteiger partial charge in [0, 0.05) is 26.2 Å². The zero-order chi connectivity index (χ0) is 14.5.